The van der Waals surface area contributed by atoms with Gasteiger partial charge in [-0.2, -0.15) is 0 Å². The fourth-order valence-corrected chi connectivity index (χ4v) is 3.96. The van der Waals surface area contributed by atoms with Gasteiger partial charge in [-0.1, -0.05) is 24.3 Å². The molecule has 3 aromatic rings. The van der Waals surface area contributed by atoms with Crippen LogP contribution in [-0.2, 0) is 18.3 Å². The molecule has 1 saturated heterocycles. The van der Waals surface area contributed by atoms with Crippen molar-refractivity contribution in [2.75, 3.05) is 39.9 Å². The van der Waals surface area contributed by atoms with Crippen molar-refractivity contribution in [1.29, 1.82) is 0 Å². The Hall–Kier alpha value is -2.24. The minimum Gasteiger partial charge on any atom is -0.379 e. The third-order valence-electron chi connectivity index (χ3n) is 5.72. The van der Waals surface area contributed by atoms with E-state index in [9.17, 15) is 4.39 Å². The highest BCUT2D eigenvalue weighted by Gasteiger charge is 2.23. The lowest BCUT2D eigenvalue weighted by molar-refractivity contribution is 0.0170. The van der Waals surface area contributed by atoms with Crippen molar-refractivity contribution in [1.82, 2.24) is 25.1 Å². The van der Waals surface area contributed by atoms with Gasteiger partial charge in [0.1, 0.15) is 11.6 Å². The predicted molar refractivity (Wildman–Crippen MR) is 136 cm³/mol. The lowest BCUT2D eigenvalue weighted by atomic mass is 10.0. The number of fused-ring (bicyclic) bond motifs is 1. The van der Waals surface area contributed by atoms with E-state index in [4.69, 9.17) is 9.72 Å². The van der Waals surface area contributed by atoms with Crippen LogP contribution in [0.2, 0.25) is 0 Å². The molecule has 0 bridgehead atoms. The molecule has 2 heterocycles. The topological polar surface area (TPSA) is 66.7 Å². The van der Waals surface area contributed by atoms with Gasteiger partial charge in [-0.3, -0.25) is 9.89 Å². The number of imidazole rings is 1. The number of nitrogens with one attached hydrogen (secondary N) is 2. The zero-order valence-corrected chi connectivity index (χ0v) is 20.8. The van der Waals surface area contributed by atoms with E-state index < -0.39 is 0 Å². The Balaban J connectivity index is 0.00000289. The fourth-order valence-electron chi connectivity index (χ4n) is 3.96. The van der Waals surface area contributed by atoms with E-state index in [1.165, 1.54) is 12.1 Å². The molecule has 1 unspecified atom stereocenters. The second kappa shape index (κ2) is 11.6. The number of ether oxygens (including phenoxy) is 1. The van der Waals surface area contributed by atoms with Crippen molar-refractivity contribution >= 4 is 41.0 Å². The number of para-hydroxylation sites is 2. The molecule has 0 amide bonds. The van der Waals surface area contributed by atoms with Crippen LogP contribution in [0, 0.1) is 5.82 Å². The van der Waals surface area contributed by atoms with Gasteiger partial charge in [-0.15, -0.1) is 24.0 Å². The van der Waals surface area contributed by atoms with Crippen molar-refractivity contribution in [3.63, 3.8) is 0 Å². The van der Waals surface area contributed by atoms with Crippen molar-refractivity contribution in [2.24, 2.45) is 12.0 Å². The first-order chi connectivity index (χ1) is 15.2. The third kappa shape index (κ3) is 5.76. The second-order valence-corrected chi connectivity index (χ2v) is 7.60. The van der Waals surface area contributed by atoms with Gasteiger partial charge in [0, 0.05) is 33.7 Å². The molecule has 1 aromatic heterocycles. The predicted octanol–water partition coefficient (Wildman–Crippen LogP) is 3.07. The molecule has 0 radical (unpaired) electrons. The van der Waals surface area contributed by atoms with Crippen LogP contribution in [0.3, 0.4) is 0 Å². The largest absolute Gasteiger partial charge is 0.379 e. The highest BCUT2D eigenvalue weighted by molar-refractivity contribution is 14.0. The number of hydrogen-bond acceptors (Lipinski definition) is 4. The minimum atomic E-state index is -0.225. The summed E-state index contributed by atoms with van der Waals surface area (Å²) in [6, 6.07) is 14.9. The van der Waals surface area contributed by atoms with E-state index in [0.717, 1.165) is 35.5 Å². The normalized spacial score (nSPS) is 15.9. The number of halogens is 2. The summed E-state index contributed by atoms with van der Waals surface area (Å²) in [5.74, 6) is 1.41. The van der Waals surface area contributed by atoms with Crippen LogP contribution in [0.5, 0.6) is 0 Å². The Labute approximate surface area is 205 Å². The van der Waals surface area contributed by atoms with Gasteiger partial charge in [-0.05, 0) is 29.8 Å². The van der Waals surface area contributed by atoms with Crippen LogP contribution in [0.15, 0.2) is 53.5 Å². The van der Waals surface area contributed by atoms with Gasteiger partial charge in [0.15, 0.2) is 5.96 Å². The first-order valence-corrected chi connectivity index (χ1v) is 10.6. The van der Waals surface area contributed by atoms with Crippen molar-refractivity contribution in [3.05, 3.63) is 65.7 Å². The van der Waals surface area contributed by atoms with Crippen molar-refractivity contribution in [2.45, 2.75) is 12.6 Å². The Morgan fingerprint density at radius 1 is 1.12 bits per heavy atom. The molecule has 1 atom stereocenters. The lowest BCUT2D eigenvalue weighted by Crippen LogP contribution is -2.46. The third-order valence-corrected chi connectivity index (χ3v) is 5.72. The number of benzene rings is 2. The van der Waals surface area contributed by atoms with E-state index in [-0.39, 0.29) is 35.8 Å². The van der Waals surface area contributed by atoms with Gasteiger partial charge < -0.3 is 19.9 Å². The molecule has 7 nitrogen and oxygen atoms in total. The standard InChI is InChI=1S/C23H29FN6O.HI/c1-25-23(27-16-22-28-19-5-3-4-6-20(19)29(22)2)26-15-21(30-11-13-31-14-12-30)17-7-9-18(24)10-8-17;/h3-10,21H,11-16H2,1-2H3,(H2,25,26,27);1H. The maximum absolute atomic E-state index is 13.4. The quantitative estimate of drug-likeness (QED) is 0.280. The summed E-state index contributed by atoms with van der Waals surface area (Å²) in [5, 5.41) is 6.79. The highest BCUT2D eigenvalue weighted by atomic mass is 127. The van der Waals surface area contributed by atoms with Crippen LogP contribution in [0.1, 0.15) is 17.4 Å². The molecule has 1 aliphatic heterocycles. The van der Waals surface area contributed by atoms with Crippen LogP contribution in [0.25, 0.3) is 11.0 Å². The van der Waals surface area contributed by atoms with E-state index in [0.29, 0.717) is 32.3 Å². The van der Waals surface area contributed by atoms with E-state index in [1.54, 1.807) is 7.05 Å². The highest BCUT2D eigenvalue weighted by Crippen LogP contribution is 2.21. The molecule has 0 aliphatic carbocycles. The average Bonchev–Trinajstić information content (AvgIpc) is 3.13. The fraction of sp³-hybridized carbons (Fsp3) is 0.391. The second-order valence-electron chi connectivity index (χ2n) is 7.60. The number of aryl methyl sites for hydroxylation is 1. The number of morpholine rings is 1. The van der Waals surface area contributed by atoms with Gasteiger partial charge >= 0.3 is 0 Å². The van der Waals surface area contributed by atoms with E-state index >= 15 is 0 Å². The summed E-state index contributed by atoms with van der Waals surface area (Å²) in [6.07, 6.45) is 0. The molecule has 1 aliphatic rings. The van der Waals surface area contributed by atoms with Crippen LogP contribution in [-0.4, -0.2) is 60.3 Å². The van der Waals surface area contributed by atoms with E-state index in [1.807, 2.05) is 37.4 Å². The number of guanidine groups is 1. The van der Waals surface area contributed by atoms with Crippen molar-refractivity contribution < 1.29 is 9.13 Å². The molecular formula is C23H30FIN6O. The smallest absolute Gasteiger partial charge is 0.191 e. The Bertz CT molecular complexity index is 1030. The summed E-state index contributed by atoms with van der Waals surface area (Å²) in [5.41, 5.74) is 3.15. The van der Waals surface area contributed by atoms with Crippen LogP contribution in [0.4, 0.5) is 4.39 Å². The lowest BCUT2D eigenvalue weighted by Gasteiger charge is -2.35. The Morgan fingerprint density at radius 2 is 1.84 bits per heavy atom. The zero-order valence-electron chi connectivity index (χ0n) is 18.4. The maximum atomic E-state index is 13.4. The van der Waals surface area contributed by atoms with Crippen LogP contribution < -0.4 is 10.6 Å². The summed E-state index contributed by atoms with van der Waals surface area (Å²) in [4.78, 5) is 11.4. The van der Waals surface area contributed by atoms with Gasteiger partial charge in [-0.25, -0.2) is 9.37 Å². The molecule has 4 rings (SSSR count). The number of hydrogen-bond donors (Lipinski definition) is 2. The summed E-state index contributed by atoms with van der Waals surface area (Å²) >= 11 is 0. The summed E-state index contributed by atoms with van der Waals surface area (Å²) < 4.78 is 21.0. The molecule has 32 heavy (non-hydrogen) atoms. The minimum absolute atomic E-state index is 0. The maximum Gasteiger partial charge on any atom is 0.191 e. The first kappa shape index (κ1) is 24.4. The molecule has 172 valence electrons. The number of rotatable bonds is 6. The van der Waals surface area contributed by atoms with Crippen LogP contribution >= 0.6 is 24.0 Å². The summed E-state index contributed by atoms with van der Waals surface area (Å²) in [6.45, 7) is 4.30. The molecule has 1 fully saturated rings. The molecule has 0 spiro atoms. The molecule has 2 aromatic carbocycles. The molecule has 0 saturated carbocycles. The SMILES string of the molecule is CN=C(NCc1nc2ccccc2n1C)NCC(c1ccc(F)cc1)N1CCOCC1.I. The van der Waals surface area contributed by atoms with Gasteiger partial charge in [0.25, 0.3) is 0 Å². The van der Waals surface area contributed by atoms with E-state index in [2.05, 4.69) is 31.2 Å². The summed E-state index contributed by atoms with van der Waals surface area (Å²) in [7, 11) is 3.78. The van der Waals surface area contributed by atoms with Gasteiger partial charge in [0.05, 0.1) is 36.8 Å². The zero-order chi connectivity index (χ0) is 21.6. The molecule has 9 heteroatoms. The molecule has 2 N–H and O–H groups in total. The number of aliphatic imine (C=N–C) groups is 1. The number of aromatic nitrogens is 2. The number of nitrogens with zero attached hydrogens (tertiary/aromatic N) is 4. The van der Waals surface area contributed by atoms with Crippen molar-refractivity contribution in [3.8, 4) is 0 Å². The Kier molecular flexibility index (Phi) is 8.83. The average molecular weight is 552 g/mol. The van der Waals surface area contributed by atoms with Gasteiger partial charge in [0.2, 0.25) is 0 Å². The first-order valence-electron chi connectivity index (χ1n) is 10.6. The molecular weight excluding hydrogens is 522 g/mol. The Morgan fingerprint density at radius 3 is 2.53 bits per heavy atom. The monoisotopic (exact) mass is 552 g/mol.